The third-order valence-electron chi connectivity index (χ3n) is 5.70. The lowest BCUT2D eigenvalue weighted by Crippen LogP contribution is -2.24. The van der Waals surface area contributed by atoms with Gasteiger partial charge in [0.1, 0.15) is 0 Å². The first-order valence-corrected chi connectivity index (χ1v) is 11.2. The molecule has 0 aliphatic heterocycles. The average Bonchev–Trinajstić information content (AvgIpc) is 3.29. The van der Waals surface area contributed by atoms with Crippen molar-refractivity contribution in [1.82, 2.24) is 19.2 Å². The summed E-state index contributed by atoms with van der Waals surface area (Å²) in [6, 6.07) is 19.4. The number of hydrogen-bond donors (Lipinski definition) is 1. The van der Waals surface area contributed by atoms with E-state index in [1.165, 1.54) is 11.4 Å². The van der Waals surface area contributed by atoms with E-state index >= 15 is 0 Å². The maximum atomic E-state index is 13.5. The van der Waals surface area contributed by atoms with Crippen molar-refractivity contribution >= 4 is 45.7 Å². The fourth-order valence-electron chi connectivity index (χ4n) is 3.88. The van der Waals surface area contributed by atoms with Gasteiger partial charge in [-0.3, -0.25) is 19.0 Å². The van der Waals surface area contributed by atoms with E-state index in [-0.39, 0.29) is 22.8 Å². The third-order valence-corrected chi connectivity index (χ3v) is 5.95. The molecule has 0 unspecified atom stereocenters. The summed E-state index contributed by atoms with van der Waals surface area (Å²) >= 11 is 6.01. The standard InChI is InChI=1S/C26H20ClN5O3/c1-15-3-12-21-22(13-15)31(14-17-4-8-19(27)9-5-17)26(35)24-29-23(30-32(21)24)25(34)28-20-10-6-18(7-11-20)16(2)33/h3-13H,14H2,1-2H3,(H,28,34). The second-order valence-electron chi connectivity index (χ2n) is 8.27. The molecule has 0 aliphatic carbocycles. The smallest absolute Gasteiger partial charge is 0.296 e. The maximum absolute atomic E-state index is 13.5. The first-order valence-electron chi connectivity index (χ1n) is 10.9. The largest absolute Gasteiger partial charge is 0.319 e. The lowest BCUT2D eigenvalue weighted by atomic mass is 10.1. The van der Waals surface area contributed by atoms with E-state index in [4.69, 9.17) is 11.6 Å². The maximum Gasteiger partial charge on any atom is 0.296 e. The number of benzene rings is 3. The van der Waals surface area contributed by atoms with Crippen LogP contribution in [-0.2, 0) is 6.54 Å². The fourth-order valence-corrected chi connectivity index (χ4v) is 4.00. The van der Waals surface area contributed by atoms with E-state index in [0.29, 0.717) is 33.9 Å². The number of carbonyl (C=O) groups excluding carboxylic acids is 2. The number of hydrogen-bond acceptors (Lipinski definition) is 5. The van der Waals surface area contributed by atoms with Crippen molar-refractivity contribution in [2.24, 2.45) is 0 Å². The molecule has 5 rings (SSSR count). The number of carbonyl (C=O) groups is 2. The summed E-state index contributed by atoms with van der Waals surface area (Å²) in [7, 11) is 0. The molecule has 0 bridgehead atoms. The van der Waals surface area contributed by atoms with Crippen molar-refractivity contribution in [3.8, 4) is 0 Å². The zero-order valence-corrected chi connectivity index (χ0v) is 19.7. The molecule has 3 aromatic carbocycles. The quantitative estimate of drug-likeness (QED) is 0.369. The molecule has 0 saturated heterocycles. The van der Waals surface area contributed by atoms with Gasteiger partial charge in [-0.1, -0.05) is 29.8 Å². The number of nitrogens with one attached hydrogen (secondary N) is 1. The molecule has 0 fully saturated rings. The molecule has 2 aromatic heterocycles. The normalized spacial score (nSPS) is 11.2. The second kappa shape index (κ2) is 8.81. The Hall–Kier alpha value is -4.30. The van der Waals surface area contributed by atoms with Crippen LogP contribution < -0.4 is 10.9 Å². The molecule has 1 amide bonds. The van der Waals surface area contributed by atoms with Crippen LogP contribution >= 0.6 is 11.6 Å². The molecule has 2 heterocycles. The highest BCUT2D eigenvalue weighted by atomic mass is 35.5. The Labute approximate surface area is 204 Å². The molecule has 0 radical (unpaired) electrons. The molecule has 0 aliphatic rings. The Morgan fingerprint density at radius 3 is 2.37 bits per heavy atom. The van der Waals surface area contributed by atoms with Crippen LogP contribution in [0.3, 0.4) is 0 Å². The lowest BCUT2D eigenvalue weighted by Gasteiger charge is -2.12. The van der Waals surface area contributed by atoms with Crippen molar-refractivity contribution in [3.05, 3.63) is 105 Å². The molecule has 5 aromatic rings. The highest BCUT2D eigenvalue weighted by Crippen LogP contribution is 2.19. The predicted molar refractivity (Wildman–Crippen MR) is 134 cm³/mol. The number of amides is 1. The van der Waals surface area contributed by atoms with Gasteiger partial charge in [0, 0.05) is 16.3 Å². The van der Waals surface area contributed by atoms with Crippen molar-refractivity contribution in [1.29, 1.82) is 0 Å². The summed E-state index contributed by atoms with van der Waals surface area (Å²) < 4.78 is 3.03. The van der Waals surface area contributed by atoms with Gasteiger partial charge in [-0.15, -0.1) is 5.10 Å². The molecule has 0 atom stereocenters. The predicted octanol–water partition coefficient (Wildman–Crippen LogP) is 4.51. The Morgan fingerprint density at radius 2 is 1.69 bits per heavy atom. The van der Waals surface area contributed by atoms with Gasteiger partial charge in [0.05, 0.1) is 17.6 Å². The van der Waals surface area contributed by atoms with E-state index in [2.05, 4.69) is 15.4 Å². The average molecular weight is 486 g/mol. The van der Waals surface area contributed by atoms with Crippen LogP contribution in [-0.4, -0.2) is 30.9 Å². The molecule has 9 heteroatoms. The SMILES string of the molecule is CC(=O)c1ccc(NC(=O)c2nc3c(=O)n(Cc4ccc(Cl)cc4)c4cc(C)ccc4n3n2)cc1. The Morgan fingerprint density at radius 1 is 0.971 bits per heavy atom. The number of halogens is 1. The topological polar surface area (TPSA) is 98.4 Å². The van der Waals surface area contributed by atoms with Crippen LogP contribution in [0.15, 0.2) is 71.5 Å². The lowest BCUT2D eigenvalue weighted by molar-refractivity contribution is 0.101. The minimum atomic E-state index is -0.562. The Balaban J connectivity index is 1.58. The van der Waals surface area contributed by atoms with Gasteiger partial charge in [0.25, 0.3) is 11.5 Å². The number of nitrogens with zero attached hydrogens (tertiary/aromatic N) is 4. The highest BCUT2D eigenvalue weighted by molar-refractivity contribution is 6.30. The van der Waals surface area contributed by atoms with E-state index < -0.39 is 5.91 Å². The molecule has 35 heavy (non-hydrogen) atoms. The molecule has 0 spiro atoms. The van der Waals surface area contributed by atoms with Crippen LogP contribution in [0.1, 0.15) is 39.0 Å². The van der Waals surface area contributed by atoms with E-state index in [9.17, 15) is 14.4 Å². The van der Waals surface area contributed by atoms with Crippen LogP contribution in [0.5, 0.6) is 0 Å². The van der Waals surface area contributed by atoms with Crippen molar-refractivity contribution in [2.75, 3.05) is 5.32 Å². The van der Waals surface area contributed by atoms with Gasteiger partial charge in [0.2, 0.25) is 11.5 Å². The van der Waals surface area contributed by atoms with Crippen molar-refractivity contribution < 1.29 is 9.59 Å². The van der Waals surface area contributed by atoms with Crippen LogP contribution in [0.4, 0.5) is 5.69 Å². The van der Waals surface area contributed by atoms with Crippen molar-refractivity contribution in [3.63, 3.8) is 0 Å². The molecule has 0 saturated carbocycles. The van der Waals surface area contributed by atoms with Gasteiger partial charge in [-0.25, -0.2) is 4.52 Å². The Bertz CT molecular complexity index is 1670. The van der Waals surface area contributed by atoms with Gasteiger partial charge in [-0.2, -0.15) is 4.98 Å². The van der Waals surface area contributed by atoms with Crippen LogP contribution in [0.2, 0.25) is 5.02 Å². The summed E-state index contributed by atoms with van der Waals surface area (Å²) in [6.07, 6.45) is 0. The number of ketones is 1. The monoisotopic (exact) mass is 485 g/mol. The molecular weight excluding hydrogens is 466 g/mol. The van der Waals surface area contributed by atoms with Gasteiger partial charge >= 0.3 is 0 Å². The zero-order valence-electron chi connectivity index (χ0n) is 18.9. The third kappa shape index (κ3) is 4.31. The van der Waals surface area contributed by atoms with Crippen LogP contribution in [0, 0.1) is 6.92 Å². The van der Waals surface area contributed by atoms with E-state index in [1.54, 1.807) is 41.0 Å². The first-order chi connectivity index (χ1) is 16.8. The van der Waals surface area contributed by atoms with Gasteiger partial charge in [-0.05, 0) is 73.5 Å². The summed E-state index contributed by atoms with van der Waals surface area (Å²) in [5.41, 5.74) is 3.91. The molecule has 174 valence electrons. The van der Waals surface area contributed by atoms with Crippen LogP contribution in [0.25, 0.3) is 16.7 Å². The van der Waals surface area contributed by atoms with Gasteiger partial charge in [0.15, 0.2) is 5.78 Å². The number of Topliss-reactive ketones (excluding diaryl/α,β-unsaturated/α-hetero) is 1. The number of aryl methyl sites for hydroxylation is 1. The molecule has 8 nitrogen and oxygen atoms in total. The summed E-state index contributed by atoms with van der Waals surface area (Å²) in [4.78, 5) is 42.1. The number of rotatable bonds is 5. The second-order valence-corrected chi connectivity index (χ2v) is 8.70. The van der Waals surface area contributed by atoms with Crippen molar-refractivity contribution in [2.45, 2.75) is 20.4 Å². The highest BCUT2D eigenvalue weighted by Gasteiger charge is 2.19. The first kappa shape index (κ1) is 22.5. The minimum absolute atomic E-state index is 0.0485. The zero-order chi connectivity index (χ0) is 24.7. The summed E-state index contributed by atoms with van der Waals surface area (Å²) in [6.45, 7) is 3.72. The number of fused-ring (bicyclic) bond motifs is 3. The number of anilines is 1. The molecule has 1 N–H and O–H groups in total. The van der Waals surface area contributed by atoms with E-state index in [0.717, 1.165) is 11.1 Å². The summed E-state index contributed by atoms with van der Waals surface area (Å²) in [5.74, 6) is -0.765. The van der Waals surface area contributed by atoms with E-state index in [1.807, 2.05) is 37.3 Å². The fraction of sp³-hybridized carbons (Fsp3) is 0.115. The molecular formula is C26H20ClN5O3. The summed E-state index contributed by atoms with van der Waals surface area (Å²) in [5, 5.41) is 7.67. The Kier molecular flexibility index (Phi) is 5.66. The number of aromatic nitrogens is 4. The minimum Gasteiger partial charge on any atom is -0.319 e. The van der Waals surface area contributed by atoms with Gasteiger partial charge < -0.3 is 5.32 Å².